The topological polar surface area (TPSA) is 70.8 Å². The van der Waals surface area contributed by atoms with E-state index in [9.17, 15) is 5.11 Å². The van der Waals surface area contributed by atoms with Crippen LogP contribution in [0.2, 0.25) is 0 Å². The molecule has 0 aromatic heterocycles. The third-order valence-corrected chi connectivity index (χ3v) is 6.39. The lowest BCUT2D eigenvalue weighted by atomic mass is 9.87. The SMILES string of the molecule is COc1c2c(cc3c1[C@H](C[C@H](O)CCc1ccc4c(c1)OCO4)[NH+](C)CC3)OCO2. The molecule has 2 aromatic rings. The Morgan fingerprint density at radius 1 is 1.10 bits per heavy atom. The molecule has 0 fully saturated rings. The quantitative estimate of drug-likeness (QED) is 0.749. The largest absolute Gasteiger partial charge is 0.492 e. The zero-order valence-corrected chi connectivity index (χ0v) is 17.4. The van der Waals surface area contributed by atoms with Crippen molar-refractivity contribution >= 4 is 0 Å². The highest BCUT2D eigenvalue weighted by Gasteiger charge is 2.37. The van der Waals surface area contributed by atoms with Gasteiger partial charge in [0, 0.05) is 12.8 Å². The van der Waals surface area contributed by atoms with Gasteiger partial charge in [0.05, 0.1) is 32.4 Å². The number of benzene rings is 2. The van der Waals surface area contributed by atoms with Crippen molar-refractivity contribution < 1.29 is 33.7 Å². The number of ether oxygens (including phenoxy) is 5. The minimum absolute atomic E-state index is 0.143. The zero-order valence-electron chi connectivity index (χ0n) is 17.4. The summed E-state index contributed by atoms with van der Waals surface area (Å²) < 4.78 is 27.9. The Hall–Kier alpha value is -2.64. The molecule has 30 heavy (non-hydrogen) atoms. The summed E-state index contributed by atoms with van der Waals surface area (Å²) in [7, 11) is 3.86. The molecule has 5 rings (SSSR count). The monoisotopic (exact) mass is 414 g/mol. The smallest absolute Gasteiger partial charge is 0.231 e. The molecule has 3 atom stereocenters. The minimum atomic E-state index is -0.420. The van der Waals surface area contributed by atoms with E-state index in [0.717, 1.165) is 53.5 Å². The van der Waals surface area contributed by atoms with E-state index in [1.165, 1.54) is 10.5 Å². The Kier molecular flexibility index (Phi) is 5.08. The molecule has 0 aliphatic carbocycles. The van der Waals surface area contributed by atoms with E-state index in [4.69, 9.17) is 23.7 Å². The lowest BCUT2D eigenvalue weighted by Gasteiger charge is -2.34. The number of aliphatic hydroxyl groups excluding tert-OH is 1. The highest BCUT2D eigenvalue weighted by molar-refractivity contribution is 5.61. The Morgan fingerprint density at radius 3 is 2.77 bits per heavy atom. The third-order valence-electron chi connectivity index (χ3n) is 6.39. The van der Waals surface area contributed by atoms with Crippen molar-refractivity contribution in [2.45, 2.75) is 37.8 Å². The fourth-order valence-electron chi connectivity index (χ4n) is 4.76. The number of likely N-dealkylation sites (N-methyl/N-ethyl adjacent to an activating group) is 1. The van der Waals surface area contributed by atoms with Crippen LogP contribution < -0.4 is 28.6 Å². The van der Waals surface area contributed by atoms with E-state index in [2.05, 4.69) is 13.1 Å². The first-order valence-corrected chi connectivity index (χ1v) is 10.5. The van der Waals surface area contributed by atoms with Crippen molar-refractivity contribution in [2.75, 3.05) is 34.3 Å². The number of nitrogens with one attached hydrogen (secondary N) is 1. The molecule has 0 saturated heterocycles. The first kappa shape index (κ1) is 19.3. The molecule has 160 valence electrons. The fourth-order valence-corrected chi connectivity index (χ4v) is 4.76. The highest BCUT2D eigenvalue weighted by atomic mass is 16.7. The van der Waals surface area contributed by atoms with Gasteiger partial charge in [-0.05, 0) is 42.2 Å². The van der Waals surface area contributed by atoms with Gasteiger partial charge in [-0.25, -0.2) is 0 Å². The van der Waals surface area contributed by atoms with Crippen molar-refractivity contribution in [1.82, 2.24) is 0 Å². The average Bonchev–Trinajstić information content (AvgIpc) is 3.41. The second kappa shape index (κ2) is 7.89. The zero-order chi connectivity index (χ0) is 20.7. The van der Waals surface area contributed by atoms with Crippen molar-refractivity contribution in [2.24, 2.45) is 0 Å². The predicted octanol–water partition coefficient (Wildman–Crippen LogP) is 1.65. The summed E-state index contributed by atoms with van der Waals surface area (Å²) in [5.41, 5.74) is 3.52. The van der Waals surface area contributed by atoms with Crippen LogP contribution in [0.4, 0.5) is 0 Å². The van der Waals surface area contributed by atoms with Crippen LogP contribution in [0.25, 0.3) is 0 Å². The summed E-state index contributed by atoms with van der Waals surface area (Å²) in [6.07, 6.45) is 2.67. The normalized spacial score (nSPS) is 22.0. The first-order chi connectivity index (χ1) is 14.6. The molecule has 3 aliphatic heterocycles. The number of quaternary nitrogens is 1. The number of aliphatic hydroxyl groups is 1. The molecule has 1 unspecified atom stereocenters. The van der Waals surface area contributed by atoms with Crippen LogP contribution >= 0.6 is 0 Å². The maximum absolute atomic E-state index is 10.9. The molecule has 0 bridgehead atoms. The van der Waals surface area contributed by atoms with Gasteiger partial charge in [-0.3, -0.25) is 0 Å². The minimum Gasteiger partial charge on any atom is -0.492 e. The van der Waals surface area contributed by atoms with Gasteiger partial charge in [0.2, 0.25) is 19.3 Å². The number of hydrogen-bond acceptors (Lipinski definition) is 6. The standard InChI is InChI=1S/C23H27NO6/c1-24-8-7-15-10-20-22(30-13-29-20)23(26-2)21(15)17(24)11-16(25)5-3-14-4-6-18-19(9-14)28-12-27-18/h4,6,9-10,16-17,25H,3,5,7-8,11-13H2,1-2H3/p+1/t16-,17+/m1/s1. The number of hydrogen-bond donors (Lipinski definition) is 2. The lowest BCUT2D eigenvalue weighted by Crippen LogP contribution is -3.10. The average molecular weight is 414 g/mol. The molecule has 0 radical (unpaired) electrons. The Bertz CT molecular complexity index is 946. The molecule has 3 heterocycles. The van der Waals surface area contributed by atoms with Crippen molar-refractivity contribution in [3.05, 3.63) is 41.0 Å². The van der Waals surface area contributed by atoms with E-state index in [0.29, 0.717) is 18.6 Å². The third kappa shape index (κ3) is 3.42. The second-order valence-corrected chi connectivity index (χ2v) is 8.23. The van der Waals surface area contributed by atoms with Crippen molar-refractivity contribution in [3.63, 3.8) is 0 Å². The van der Waals surface area contributed by atoms with Gasteiger partial charge >= 0.3 is 0 Å². The van der Waals surface area contributed by atoms with E-state index in [1.54, 1.807) is 7.11 Å². The number of rotatable bonds is 6. The van der Waals surface area contributed by atoms with E-state index >= 15 is 0 Å². The Labute approximate surface area is 176 Å². The van der Waals surface area contributed by atoms with Gasteiger partial charge in [0.25, 0.3) is 0 Å². The lowest BCUT2D eigenvalue weighted by molar-refractivity contribution is -0.915. The van der Waals surface area contributed by atoms with Gasteiger partial charge in [-0.2, -0.15) is 0 Å². The van der Waals surface area contributed by atoms with Crippen LogP contribution in [0.15, 0.2) is 24.3 Å². The second-order valence-electron chi connectivity index (χ2n) is 8.23. The van der Waals surface area contributed by atoms with Crippen LogP contribution in [-0.4, -0.2) is 45.5 Å². The molecule has 7 nitrogen and oxygen atoms in total. The Morgan fingerprint density at radius 2 is 1.90 bits per heavy atom. The maximum atomic E-state index is 10.9. The summed E-state index contributed by atoms with van der Waals surface area (Å²) in [5, 5.41) is 10.9. The summed E-state index contributed by atoms with van der Waals surface area (Å²) in [6, 6.07) is 8.21. The molecular formula is C23H28NO6+. The van der Waals surface area contributed by atoms with Gasteiger partial charge in [0.1, 0.15) is 6.04 Å². The first-order valence-electron chi connectivity index (χ1n) is 10.5. The molecule has 0 amide bonds. The molecule has 7 heteroatoms. The summed E-state index contributed by atoms with van der Waals surface area (Å²) in [5.74, 6) is 3.77. The Balaban J connectivity index is 1.32. The molecular weight excluding hydrogens is 386 g/mol. The fraction of sp³-hybridized carbons (Fsp3) is 0.478. The molecule has 0 saturated carbocycles. The number of aryl methyl sites for hydroxylation is 1. The number of methoxy groups -OCH3 is 1. The van der Waals surface area contributed by atoms with Crippen LogP contribution in [-0.2, 0) is 12.8 Å². The van der Waals surface area contributed by atoms with E-state index < -0.39 is 6.10 Å². The van der Waals surface area contributed by atoms with Gasteiger partial charge in [-0.15, -0.1) is 0 Å². The van der Waals surface area contributed by atoms with Crippen LogP contribution in [0.1, 0.15) is 35.6 Å². The van der Waals surface area contributed by atoms with Crippen molar-refractivity contribution in [1.29, 1.82) is 0 Å². The highest BCUT2D eigenvalue weighted by Crippen LogP contribution is 2.48. The number of fused-ring (bicyclic) bond motifs is 3. The van der Waals surface area contributed by atoms with Crippen LogP contribution in [0, 0.1) is 0 Å². The van der Waals surface area contributed by atoms with Crippen molar-refractivity contribution in [3.8, 4) is 28.7 Å². The van der Waals surface area contributed by atoms with Crippen LogP contribution in [0.5, 0.6) is 28.7 Å². The molecule has 2 aromatic carbocycles. The summed E-state index contributed by atoms with van der Waals surface area (Å²) in [4.78, 5) is 1.38. The van der Waals surface area contributed by atoms with E-state index in [1.807, 2.05) is 18.2 Å². The van der Waals surface area contributed by atoms with Crippen LogP contribution in [0.3, 0.4) is 0 Å². The predicted molar refractivity (Wildman–Crippen MR) is 109 cm³/mol. The van der Waals surface area contributed by atoms with Gasteiger partial charge in [-0.1, -0.05) is 6.07 Å². The molecule has 3 aliphatic rings. The van der Waals surface area contributed by atoms with E-state index in [-0.39, 0.29) is 19.6 Å². The summed E-state index contributed by atoms with van der Waals surface area (Å²) >= 11 is 0. The summed E-state index contributed by atoms with van der Waals surface area (Å²) in [6.45, 7) is 1.51. The maximum Gasteiger partial charge on any atom is 0.231 e. The van der Waals surface area contributed by atoms with Gasteiger partial charge in [0.15, 0.2) is 23.0 Å². The van der Waals surface area contributed by atoms with Gasteiger partial charge < -0.3 is 33.7 Å². The molecule has 2 N–H and O–H groups in total. The molecule has 0 spiro atoms.